The lowest BCUT2D eigenvalue weighted by molar-refractivity contribution is 0.480. The Kier molecular flexibility index (Phi) is 6.24. The van der Waals surface area contributed by atoms with Crippen LogP contribution < -0.4 is 0 Å². The molecule has 0 spiro atoms. The summed E-state index contributed by atoms with van der Waals surface area (Å²) in [7, 11) is -9.04. The first-order chi connectivity index (χ1) is 7.66. The van der Waals surface area contributed by atoms with Crippen LogP contribution in [0.15, 0.2) is 28.0 Å². The van der Waals surface area contributed by atoms with Crippen LogP contribution >= 0.6 is 28.3 Å². The Balaban J connectivity index is 0.00000289. The molecule has 1 aromatic carbocycles. The second-order valence-corrected chi connectivity index (χ2v) is 6.76. The number of hydrogen-bond donors (Lipinski definition) is 2. The Bertz CT molecular complexity index is 625. The molecular weight excluding hydrogens is 372 g/mol. The second kappa shape index (κ2) is 6.31. The van der Waals surface area contributed by atoms with E-state index in [1.165, 1.54) is 6.07 Å². The highest BCUT2D eigenvalue weighted by atomic mass is 79.9. The maximum Gasteiger partial charge on any atom is 0.294 e. The molecule has 1 aromatic rings. The SMILES string of the molecule is Cl.O=S(=O)(O)c1ccc(CCBr)c(S(=O)(=O)O)c1. The van der Waals surface area contributed by atoms with Gasteiger partial charge in [-0.1, -0.05) is 22.0 Å². The van der Waals surface area contributed by atoms with Gasteiger partial charge in [-0.15, -0.1) is 12.4 Å². The first-order valence-electron chi connectivity index (χ1n) is 4.30. The van der Waals surface area contributed by atoms with Crippen molar-refractivity contribution in [1.29, 1.82) is 0 Å². The molecule has 18 heavy (non-hydrogen) atoms. The molecule has 0 saturated heterocycles. The van der Waals surface area contributed by atoms with E-state index in [2.05, 4.69) is 15.9 Å². The van der Waals surface area contributed by atoms with Crippen LogP contribution in [-0.4, -0.2) is 31.3 Å². The fourth-order valence-corrected chi connectivity index (χ4v) is 3.03. The van der Waals surface area contributed by atoms with Crippen molar-refractivity contribution in [2.24, 2.45) is 0 Å². The fourth-order valence-electron chi connectivity index (χ4n) is 1.24. The van der Waals surface area contributed by atoms with Crippen molar-refractivity contribution >= 4 is 48.6 Å². The Labute approximate surface area is 119 Å². The van der Waals surface area contributed by atoms with Crippen LogP contribution in [0.25, 0.3) is 0 Å². The van der Waals surface area contributed by atoms with Gasteiger partial charge in [-0.05, 0) is 24.1 Å². The summed E-state index contributed by atoms with van der Waals surface area (Å²) in [6.07, 6.45) is 0.293. The van der Waals surface area contributed by atoms with E-state index < -0.39 is 30.0 Å². The van der Waals surface area contributed by atoms with Gasteiger partial charge in [0.15, 0.2) is 0 Å². The summed E-state index contributed by atoms with van der Waals surface area (Å²) in [5.74, 6) is 0. The molecular formula is C8H10BrClO6S2. The molecule has 0 saturated carbocycles. The van der Waals surface area contributed by atoms with Crippen molar-refractivity contribution in [3.8, 4) is 0 Å². The van der Waals surface area contributed by atoms with Crippen LogP contribution in [-0.2, 0) is 26.7 Å². The van der Waals surface area contributed by atoms with Gasteiger partial charge in [0.05, 0.1) is 9.79 Å². The first-order valence-corrected chi connectivity index (χ1v) is 8.30. The van der Waals surface area contributed by atoms with E-state index in [1.807, 2.05) is 0 Å². The predicted molar refractivity (Wildman–Crippen MR) is 70.8 cm³/mol. The molecule has 0 fully saturated rings. The molecule has 0 aliphatic carbocycles. The molecule has 0 aliphatic rings. The van der Waals surface area contributed by atoms with Crippen molar-refractivity contribution < 1.29 is 25.9 Å². The average molecular weight is 382 g/mol. The second-order valence-electron chi connectivity index (χ2n) is 3.16. The van der Waals surface area contributed by atoms with Gasteiger partial charge in [-0.25, -0.2) is 0 Å². The van der Waals surface area contributed by atoms with E-state index in [4.69, 9.17) is 9.11 Å². The zero-order valence-electron chi connectivity index (χ0n) is 8.78. The van der Waals surface area contributed by atoms with Crippen LogP contribution in [0.5, 0.6) is 0 Å². The average Bonchev–Trinajstić information content (AvgIpc) is 2.15. The summed E-state index contributed by atoms with van der Waals surface area (Å²) < 4.78 is 61.6. The van der Waals surface area contributed by atoms with Crippen LogP contribution in [0.3, 0.4) is 0 Å². The molecule has 0 heterocycles. The lowest BCUT2D eigenvalue weighted by Crippen LogP contribution is -2.07. The van der Waals surface area contributed by atoms with Crippen molar-refractivity contribution in [1.82, 2.24) is 0 Å². The van der Waals surface area contributed by atoms with Crippen molar-refractivity contribution in [3.05, 3.63) is 23.8 Å². The molecule has 2 N–H and O–H groups in total. The van der Waals surface area contributed by atoms with Gasteiger partial charge in [0.1, 0.15) is 0 Å². The summed E-state index contributed by atoms with van der Waals surface area (Å²) in [4.78, 5) is -1.10. The van der Waals surface area contributed by atoms with Gasteiger partial charge in [0.2, 0.25) is 0 Å². The van der Waals surface area contributed by atoms with E-state index >= 15 is 0 Å². The lowest BCUT2D eigenvalue weighted by atomic mass is 10.2. The van der Waals surface area contributed by atoms with Crippen LogP contribution in [0.4, 0.5) is 0 Å². The highest BCUT2D eigenvalue weighted by molar-refractivity contribution is 9.09. The van der Waals surface area contributed by atoms with Gasteiger partial charge in [0.25, 0.3) is 20.2 Å². The number of rotatable bonds is 4. The Morgan fingerprint density at radius 2 is 1.61 bits per heavy atom. The number of alkyl halides is 1. The monoisotopic (exact) mass is 380 g/mol. The maximum atomic E-state index is 11.1. The third kappa shape index (κ3) is 4.48. The Hall–Kier alpha value is -0.190. The van der Waals surface area contributed by atoms with Crippen molar-refractivity contribution in [3.63, 3.8) is 0 Å². The number of halogens is 2. The number of hydrogen-bond acceptors (Lipinski definition) is 4. The van der Waals surface area contributed by atoms with Crippen LogP contribution in [0.1, 0.15) is 5.56 Å². The zero-order valence-corrected chi connectivity index (χ0v) is 12.8. The molecule has 0 aliphatic heterocycles. The Morgan fingerprint density at radius 1 is 1.06 bits per heavy atom. The zero-order chi connectivity index (χ0) is 13.3. The molecule has 6 nitrogen and oxygen atoms in total. The van der Waals surface area contributed by atoms with E-state index in [0.717, 1.165) is 12.1 Å². The molecule has 10 heteroatoms. The van der Waals surface area contributed by atoms with Gasteiger partial charge in [-0.3, -0.25) is 9.11 Å². The van der Waals surface area contributed by atoms with Gasteiger partial charge in [0, 0.05) is 5.33 Å². The molecule has 104 valence electrons. The fraction of sp³-hybridized carbons (Fsp3) is 0.250. The molecule has 0 unspecified atom stereocenters. The minimum Gasteiger partial charge on any atom is -0.282 e. The smallest absolute Gasteiger partial charge is 0.282 e. The van der Waals surface area contributed by atoms with E-state index in [-0.39, 0.29) is 18.0 Å². The van der Waals surface area contributed by atoms with E-state index in [1.54, 1.807) is 0 Å². The third-order valence-corrected chi connectivity index (χ3v) is 4.16. The van der Waals surface area contributed by atoms with Gasteiger partial charge in [-0.2, -0.15) is 16.8 Å². The summed E-state index contributed by atoms with van der Waals surface area (Å²) in [6, 6.07) is 3.03. The molecule has 0 amide bonds. The molecule has 0 bridgehead atoms. The number of benzene rings is 1. The Morgan fingerprint density at radius 3 is 2.00 bits per heavy atom. The predicted octanol–water partition coefficient (Wildman–Crippen LogP) is 1.54. The molecule has 0 atom stereocenters. The molecule has 1 rings (SSSR count). The quantitative estimate of drug-likeness (QED) is 0.605. The lowest BCUT2D eigenvalue weighted by Gasteiger charge is -2.07. The third-order valence-electron chi connectivity index (χ3n) is 1.98. The minimum atomic E-state index is -4.53. The van der Waals surface area contributed by atoms with Crippen LogP contribution in [0.2, 0.25) is 0 Å². The standard InChI is InChI=1S/C8H9BrO6S2.ClH/c9-4-3-6-1-2-7(16(10,11)12)5-8(6)17(13,14)15;/h1-2,5H,3-4H2,(H,10,11,12)(H,13,14,15);1H. The maximum absolute atomic E-state index is 11.1. The van der Waals surface area contributed by atoms with E-state index in [9.17, 15) is 16.8 Å². The largest absolute Gasteiger partial charge is 0.294 e. The highest BCUT2D eigenvalue weighted by Gasteiger charge is 2.19. The normalized spacial score (nSPS) is 11.9. The first kappa shape index (κ1) is 17.8. The summed E-state index contributed by atoms with van der Waals surface area (Å²) in [5, 5.41) is 0.445. The van der Waals surface area contributed by atoms with Crippen molar-refractivity contribution in [2.45, 2.75) is 16.2 Å². The van der Waals surface area contributed by atoms with Crippen LogP contribution in [0, 0.1) is 0 Å². The topological polar surface area (TPSA) is 109 Å². The van der Waals surface area contributed by atoms with Crippen molar-refractivity contribution in [2.75, 3.05) is 5.33 Å². The van der Waals surface area contributed by atoms with Gasteiger partial charge >= 0.3 is 0 Å². The summed E-state index contributed by atoms with van der Waals surface area (Å²) in [5.41, 5.74) is 0.261. The summed E-state index contributed by atoms with van der Waals surface area (Å²) >= 11 is 3.10. The summed E-state index contributed by atoms with van der Waals surface area (Å²) in [6.45, 7) is 0. The van der Waals surface area contributed by atoms with Gasteiger partial charge < -0.3 is 0 Å². The number of aryl methyl sites for hydroxylation is 1. The highest BCUT2D eigenvalue weighted by Crippen LogP contribution is 2.21. The van der Waals surface area contributed by atoms with E-state index in [0.29, 0.717) is 11.8 Å². The molecule has 0 radical (unpaired) electrons. The molecule has 0 aromatic heterocycles. The minimum absolute atomic E-state index is 0.